The third-order valence-electron chi connectivity index (χ3n) is 7.56. The molecule has 5 heterocycles. The lowest BCUT2D eigenvalue weighted by molar-refractivity contribution is 0.0223. The minimum atomic E-state index is -0.739. The van der Waals surface area contributed by atoms with Gasteiger partial charge in [-0.25, -0.2) is 27.7 Å². The molecule has 4 aromatic heterocycles. The fourth-order valence-electron chi connectivity index (χ4n) is 5.46. The van der Waals surface area contributed by atoms with Crippen molar-refractivity contribution in [1.29, 1.82) is 0 Å². The van der Waals surface area contributed by atoms with Crippen molar-refractivity contribution in [3.8, 4) is 17.2 Å². The van der Waals surface area contributed by atoms with Crippen molar-refractivity contribution < 1.29 is 18.3 Å². The quantitative estimate of drug-likeness (QED) is 0.316. The molecule has 1 aliphatic heterocycles. The zero-order chi connectivity index (χ0) is 31.0. The molecule has 0 N–H and O–H groups in total. The van der Waals surface area contributed by atoms with E-state index in [4.69, 9.17) is 9.84 Å². The predicted octanol–water partition coefficient (Wildman–Crippen LogP) is 3.95. The molecule has 1 amide bonds. The number of rotatable bonds is 3. The van der Waals surface area contributed by atoms with E-state index in [1.807, 2.05) is 0 Å². The molecule has 43 heavy (non-hydrogen) atoms. The van der Waals surface area contributed by atoms with Crippen molar-refractivity contribution in [3.05, 3.63) is 97.7 Å². The van der Waals surface area contributed by atoms with Crippen LogP contribution in [0.15, 0.2) is 52.4 Å². The lowest BCUT2D eigenvalue weighted by atomic mass is 10.1. The standard InChI is InChI=1S/C30H31F2N7O4/c1-17-13-19(14-18(2)25(17)31)39-27(20-16-35(9-7-21(20)33-39)29(42)43-30(3,4)5)37-12-11-36(28(37)41)22-8-10-38-23(26(22)32)15-24(40)34(38)6/h8,10-15H,7,9,16H2,1-6H3. The number of ether oxygens (including phenoxy) is 1. The van der Waals surface area contributed by atoms with Gasteiger partial charge in [0.1, 0.15) is 22.8 Å². The molecule has 0 bridgehead atoms. The summed E-state index contributed by atoms with van der Waals surface area (Å²) in [7, 11) is 1.51. The van der Waals surface area contributed by atoms with Gasteiger partial charge in [-0.15, -0.1) is 0 Å². The van der Waals surface area contributed by atoms with E-state index in [0.717, 1.165) is 10.6 Å². The summed E-state index contributed by atoms with van der Waals surface area (Å²) in [5, 5.41) is 4.80. The van der Waals surface area contributed by atoms with E-state index in [2.05, 4.69) is 0 Å². The van der Waals surface area contributed by atoms with E-state index in [0.29, 0.717) is 46.9 Å². The van der Waals surface area contributed by atoms with E-state index >= 15 is 4.39 Å². The minimum absolute atomic E-state index is 0.0253. The summed E-state index contributed by atoms with van der Waals surface area (Å²) in [4.78, 5) is 40.6. The number of benzene rings is 1. The predicted molar refractivity (Wildman–Crippen MR) is 154 cm³/mol. The summed E-state index contributed by atoms with van der Waals surface area (Å²) in [6, 6.07) is 5.85. The van der Waals surface area contributed by atoms with Crippen LogP contribution in [0.4, 0.5) is 13.6 Å². The third kappa shape index (κ3) is 4.64. The van der Waals surface area contributed by atoms with Crippen LogP contribution in [0.25, 0.3) is 22.7 Å². The molecule has 5 aromatic rings. The van der Waals surface area contributed by atoms with Gasteiger partial charge in [-0.2, -0.15) is 5.10 Å². The summed E-state index contributed by atoms with van der Waals surface area (Å²) in [5.74, 6) is -0.737. The second-order valence-electron chi connectivity index (χ2n) is 11.8. The Balaban J connectivity index is 1.53. The van der Waals surface area contributed by atoms with E-state index in [9.17, 15) is 18.8 Å². The number of fused-ring (bicyclic) bond motifs is 2. The van der Waals surface area contributed by atoms with E-state index in [-0.39, 0.29) is 23.6 Å². The molecule has 0 saturated heterocycles. The maximum absolute atomic E-state index is 15.6. The van der Waals surface area contributed by atoms with Gasteiger partial charge in [0.15, 0.2) is 5.82 Å². The third-order valence-corrected chi connectivity index (χ3v) is 7.56. The summed E-state index contributed by atoms with van der Waals surface area (Å²) >= 11 is 0. The molecule has 0 aliphatic carbocycles. The lowest BCUT2D eigenvalue weighted by Crippen LogP contribution is -2.40. The van der Waals surface area contributed by atoms with Crippen molar-refractivity contribution in [2.45, 2.75) is 53.2 Å². The first-order valence-corrected chi connectivity index (χ1v) is 13.8. The van der Waals surface area contributed by atoms with Gasteiger partial charge in [0.2, 0.25) is 0 Å². The number of carbonyl (C=O) groups excluding carboxylic acids is 1. The number of imidazole rings is 1. The number of aryl methyl sites for hydroxylation is 3. The number of pyridine rings is 1. The molecule has 6 rings (SSSR count). The van der Waals surface area contributed by atoms with Crippen molar-refractivity contribution in [1.82, 2.24) is 33.0 Å². The average molecular weight is 592 g/mol. The van der Waals surface area contributed by atoms with Gasteiger partial charge in [-0.05, 0) is 63.9 Å². The SMILES string of the molecule is Cc1cc(-n2nc3c(c2-n2ccn(-c4ccn5c(cc(=O)n5C)c4F)c2=O)CN(C(=O)OC(C)(C)C)CC3)cc(C)c1F. The second kappa shape index (κ2) is 9.82. The average Bonchev–Trinajstić information content (AvgIpc) is 3.59. The highest BCUT2D eigenvalue weighted by atomic mass is 19.1. The molecule has 224 valence electrons. The Morgan fingerprint density at radius 2 is 1.65 bits per heavy atom. The van der Waals surface area contributed by atoms with Crippen molar-refractivity contribution in [2.75, 3.05) is 6.54 Å². The largest absolute Gasteiger partial charge is 0.444 e. The van der Waals surface area contributed by atoms with Crippen LogP contribution in [0.5, 0.6) is 0 Å². The molecule has 0 radical (unpaired) electrons. The van der Waals surface area contributed by atoms with E-state index in [1.165, 1.54) is 45.5 Å². The molecule has 0 fully saturated rings. The van der Waals surface area contributed by atoms with E-state index < -0.39 is 28.8 Å². The van der Waals surface area contributed by atoms with E-state index in [1.54, 1.807) is 56.3 Å². The highest BCUT2D eigenvalue weighted by Gasteiger charge is 2.32. The molecule has 11 nitrogen and oxygen atoms in total. The fourth-order valence-corrected chi connectivity index (χ4v) is 5.46. The molecule has 0 saturated carbocycles. The molecule has 1 aliphatic rings. The second-order valence-corrected chi connectivity index (χ2v) is 11.8. The lowest BCUT2D eigenvalue weighted by Gasteiger charge is -2.29. The highest BCUT2D eigenvalue weighted by Crippen LogP contribution is 2.30. The smallest absolute Gasteiger partial charge is 0.410 e. The highest BCUT2D eigenvalue weighted by molar-refractivity contribution is 5.69. The number of hydrogen-bond donors (Lipinski definition) is 0. The summed E-state index contributed by atoms with van der Waals surface area (Å²) in [5.41, 5.74) is 0.915. The first-order chi connectivity index (χ1) is 20.2. The Kier molecular flexibility index (Phi) is 6.44. The first kappa shape index (κ1) is 28.2. The van der Waals surface area contributed by atoms with Crippen LogP contribution in [-0.4, -0.2) is 51.3 Å². The summed E-state index contributed by atoms with van der Waals surface area (Å²) in [6.07, 6.45) is 4.33. The summed E-state index contributed by atoms with van der Waals surface area (Å²) in [6.45, 7) is 9.13. The van der Waals surface area contributed by atoms with Crippen molar-refractivity contribution >= 4 is 11.6 Å². The molecule has 13 heteroatoms. The topological polar surface area (TPSA) is 101 Å². The number of amides is 1. The normalized spacial score (nSPS) is 13.5. The minimum Gasteiger partial charge on any atom is -0.444 e. The van der Waals surface area contributed by atoms with Gasteiger partial charge in [0, 0.05) is 50.2 Å². The molecule has 0 unspecified atom stereocenters. The maximum Gasteiger partial charge on any atom is 0.410 e. The van der Waals surface area contributed by atoms with Crippen LogP contribution < -0.4 is 11.2 Å². The Bertz CT molecular complexity index is 2030. The van der Waals surface area contributed by atoms with Gasteiger partial charge in [-0.1, -0.05) is 0 Å². The number of nitrogens with zero attached hydrogens (tertiary/aromatic N) is 7. The van der Waals surface area contributed by atoms with Crippen LogP contribution in [0.1, 0.15) is 43.2 Å². The monoisotopic (exact) mass is 591 g/mol. The molecular formula is C30H31F2N7O4. The molecule has 0 atom stereocenters. The fraction of sp³-hybridized carbons (Fsp3) is 0.333. The van der Waals surface area contributed by atoms with Crippen LogP contribution >= 0.6 is 0 Å². The zero-order valence-corrected chi connectivity index (χ0v) is 24.7. The van der Waals surface area contributed by atoms with Gasteiger partial charge >= 0.3 is 11.8 Å². The summed E-state index contributed by atoms with van der Waals surface area (Å²) < 4.78 is 42.5. The van der Waals surface area contributed by atoms with Gasteiger partial charge in [-0.3, -0.25) is 18.4 Å². The Morgan fingerprint density at radius 3 is 2.33 bits per heavy atom. The van der Waals surface area contributed by atoms with Gasteiger partial charge in [0.25, 0.3) is 5.56 Å². The Labute approximate surface area is 244 Å². The van der Waals surface area contributed by atoms with Crippen LogP contribution in [0, 0.1) is 25.5 Å². The van der Waals surface area contributed by atoms with Gasteiger partial charge in [0.05, 0.1) is 23.6 Å². The first-order valence-electron chi connectivity index (χ1n) is 13.8. The van der Waals surface area contributed by atoms with Crippen LogP contribution in [-0.2, 0) is 24.8 Å². The zero-order valence-electron chi connectivity index (χ0n) is 24.7. The Morgan fingerprint density at radius 1 is 0.977 bits per heavy atom. The number of carbonyl (C=O) groups is 1. The van der Waals surface area contributed by atoms with Crippen LogP contribution in [0.2, 0.25) is 0 Å². The van der Waals surface area contributed by atoms with Crippen molar-refractivity contribution in [2.24, 2.45) is 7.05 Å². The van der Waals surface area contributed by atoms with Crippen molar-refractivity contribution in [3.63, 3.8) is 0 Å². The number of aromatic nitrogens is 6. The van der Waals surface area contributed by atoms with Crippen LogP contribution in [0.3, 0.4) is 0 Å². The Hall–Kier alpha value is -4.94. The van der Waals surface area contributed by atoms with Gasteiger partial charge < -0.3 is 9.64 Å². The maximum atomic E-state index is 15.6. The number of hydrogen-bond acceptors (Lipinski definition) is 5. The molecule has 1 aromatic carbocycles. The number of halogens is 2. The molecular weight excluding hydrogens is 560 g/mol. The molecule has 0 spiro atoms.